The number of aromatic nitrogens is 3. The van der Waals surface area contributed by atoms with Crippen LogP contribution in [0.3, 0.4) is 0 Å². The summed E-state index contributed by atoms with van der Waals surface area (Å²) in [6.45, 7) is 1.54. The number of anilines is 2. The van der Waals surface area contributed by atoms with Crippen LogP contribution in [0.25, 0.3) is 16.6 Å². The highest BCUT2D eigenvalue weighted by Crippen LogP contribution is 2.27. The van der Waals surface area contributed by atoms with E-state index in [1.807, 2.05) is 22.6 Å². The summed E-state index contributed by atoms with van der Waals surface area (Å²) in [4.78, 5) is 53.9. The molecule has 192 valence electrons. The standard InChI is InChI=1S/C26H25FIN5O4/c1-14-22-21(23(31(4)24(14)35)29-19-10-9-16(28)13-18(19)27)25(36)32(5)26(37)33(22)17-8-6-7-15(11-17)12-20(34)30(2)3/h6-11,13,29H,12H2,1-5H3. The number of carbonyl (C=O) groups excluding carboxylic acids is 1. The Balaban J connectivity index is 2.07. The molecule has 0 atom stereocenters. The molecule has 0 saturated carbocycles. The minimum atomic E-state index is -0.656. The molecule has 37 heavy (non-hydrogen) atoms. The maximum atomic E-state index is 14.7. The molecule has 9 nitrogen and oxygen atoms in total. The van der Waals surface area contributed by atoms with E-state index in [1.54, 1.807) is 44.4 Å². The van der Waals surface area contributed by atoms with E-state index in [9.17, 15) is 23.6 Å². The zero-order valence-corrected chi connectivity index (χ0v) is 23.1. The maximum Gasteiger partial charge on any atom is 0.335 e. The molecule has 2 heterocycles. The van der Waals surface area contributed by atoms with E-state index < -0.39 is 22.6 Å². The largest absolute Gasteiger partial charge is 0.349 e. The molecule has 1 amide bonds. The molecule has 4 rings (SSSR count). The van der Waals surface area contributed by atoms with Crippen LogP contribution in [0.1, 0.15) is 11.1 Å². The number of rotatable bonds is 5. The Bertz CT molecular complexity index is 1750. The van der Waals surface area contributed by atoms with Gasteiger partial charge in [-0.2, -0.15) is 0 Å². The molecule has 0 bridgehead atoms. The molecule has 0 radical (unpaired) electrons. The van der Waals surface area contributed by atoms with Crippen LogP contribution in [-0.4, -0.2) is 38.6 Å². The molecular weight excluding hydrogens is 592 g/mol. The zero-order valence-electron chi connectivity index (χ0n) is 20.9. The molecule has 4 aromatic rings. The Morgan fingerprint density at radius 2 is 1.73 bits per heavy atom. The lowest BCUT2D eigenvalue weighted by molar-refractivity contribution is -0.127. The lowest BCUT2D eigenvalue weighted by Crippen LogP contribution is -2.40. The summed E-state index contributed by atoms with van der Waals surface area (Å²) in [5.74, 6) is -0.624. The van der Waals surface area contributed by atoms with Gasteiger partial charge in [0, 0.05) is 37.3 Å². The molecule has 11 heteroatoms. The summed E-state index contributed by atoms with van der Waals surface area (Å²) < 4.78 is 18.9. The van der Waals surface area contributed by atoms with Gasteiger partial charge in [0.2, 0.25) is 5.91 Å². The van der Waals surface area contributed by atoms with E-state index in [0.29, 0.717) is 14.8 Å². The van der Waals surface area contributed by atoms with Gasteiger partial charge in [-0.15, -0.1) is 0 Å². The smallest absolute Gasteiger partial charge is 0.335 e. The number of nitrogens with one attached hydrogen (secondary N) is 1. The molecule has 2 aromatic heterocycles. The number of nitrogens with zero attached hydrogens (tertiary/aromatic N) is 4. The molecule has 0 spiro atoms. The second-order valence-corrected chi connectivity index (χ2v) is 10.2. The van der Waals surface area contributed by atoms with Crippen LogP contribution in [0.4, 0.5) is 15.9 Å². The summed E-state index contributed by atoms with van der Waals surface area (Å²) >= 11 is 1.98. The van der Waals surface area contributed by atoms with Crippen molar-refractivity contribution in [3.05, 3.63) is 94.2 Å². The van der Waals surface area contributed by atoms with Crippen molar-refractivity contribution in [3.63, 3.8) is 0 Å². The van der Waals surface area contributed by atoms with E-state index in [2.05, 4.69) is 5.32 Å². The van der Waals surface area contributed by atoms with Gasteiger partial charge < -0.3 is 10.2 Å². The summed E-state index contributed by atoms with van der Waals surface area (Å²) in [6, 6.07) is 11.3. The van der Waals surface area contributed by atoms with Gasteiger partial charge >= 0.3 is 5.69 Å². The van der Waals surface area contributed by atoms with E-state index >= 15 is 0 Å². The molecule has 1 N–H and O–H groups in total. The van der Waals surface area contributed by atoms with Crippen LogP contribution in [0.5, 0.6) is 0 Å². The van der Waals surface area contributed by atoms with Crippen LogP contribution in [0.15, 0.2) is 56.8 Å². The number of carbonyl (C=O) groups is 1. The van der Waals surface area contributed by atoms with Gasteiger partial charge in [-0.1, -0.05) is 12.1 Å². The monoisotopic (exact) mass is 617 g/mol. The number of pyridine rings is 1. The first kappa shape index (κ1) is 26.3. The van der Waals surface area contributed by atoms with Crippen molar-refractivity contribution in [3.8, 4) is 5.69 Å². The van der Waals surface area contributed by atoms with Crippen LogP contribution >= 0.6 is 22.6 Å². The molecule has 0 aliphatic heterocycles. The van der Waals surface area contributed by atoms with Crippen LogP contribution < -0.4 is 22.1 Å². The van der Waals surface area contributed by atoms with E-state index in [0.717, 1.165) is 4.57 Å². The Kier molecular flexibility index (Phi) is 7.09. The van der Waals surface area contributed by atoms with Crippen molar-refractivity contribution in [2.75, 3.05) is 19.4 Å². The molecule has 0 unspecified atom stereocenters. The van der Waals surface area contributed by atoms with Gasteiger partial charge in [0.25, 0.3) is 11.1 Å². The van der Waals surface area contributed by atoms with Gasteiger partial charge in [0.1, 0.15) is 17.0 Å². The fourth-order valence-corrected chi connectivity index (χ4v) is 4.60. The first-order valence-electron chi connectivity index (χ1n) is 11.3. The van der Waals surface area contributed by atoms with Crippen LogP contribution in [0, 0.1) is 16.3 Å². The number of halogens is 2. The van der Waals surface area contributed by atoms with Crippen molar-refractivity contribution in [2.24, 2.45) is 14.1 Å². The second-order valence-electron chi connectivity index (χ2n) is 8.93. The van der Waals surface area contributed by atoms with E-state index in [1.165, 1.54) is 47.2 Å². The zero-order chi connectivity index (χ0) is 27.2. The Hall–Kier alpha value is -3.74. The number of fused-ring (bicyclic) bond motifs is 1. The van der Waals surface area contributed by atoms with E-state index in [-0.39, 0.29) is 40.3 Å². The topological polar surface area (TPSA) is 98.3 Å². The fraction of sp³-hybridized carbons (Fsp3) is 0.231. The minimum absolute atomic E-state index is 0.0504. The van der Waals surface area contributed by atoms with Gasteiger partial charge in [0.05, 0.1) is 23.3 Å². The van der Waals surface area contributed by atoms with Crippen molar-refractivity contribution in [1.29, 1.82) is 0 Å². The number of hydrogen-bond acceptors (Lipinski definition) is 5. The highest BCUT2D eigenvalue weighted by Gasteiger charge is 2.23. The summed E-state index contributed by atoms with van der Waals surface area (Å²) in [7, 11) is 6.13. The van der Waals surface area contributed by atoms with Crippen LogP contribution in [0.2, 0.25) is 0 Å². The first-order valence-corrected chi connectivity index (χ1v) is 12.4. The number of amides is 1. The predicted octanol–water partition coefficient (Wildman–Crippen LogP) is 2.81. The third-order valence-electron chi connectivity index (χ3n) is 6.22. The number of aryl methyl sites for hydroxylation is 1. The quantitative estimate of drug-likeness (QED) is 0.348. The Morgan fingerprint density at radius 3 is 2.38 bits per heavy atom. The highest BCUT2D eigenvalue weighted by molar-refractivity contribution is 14.1. The average molecular weight is 617 g/mol. The molecule has 0 saturated heterocycles. The number of benzene rings is 2. The van der Waals surface area contributed by atoms with Crippen molar-refractivity contribution >= 4 is 50.9 Å². The van der Waals surface area contributed by atoms with Gasteiger partial charge in [-0.3, -0.25) is 28.1 Å². The predicted molar refractivity (Wildman–Crippen MR) is 150 cm³/mol. The number of likely N-dealkylation sites (N-methyl/N-ethyl adjacent to an activating group) is 1. The lowest BCUT2D eigenvalue weighted by atomic mass is 10.1. The van der Waals surface area contributed by atoms with Gasteiger partial charge in [-0.25, -0.2) is 9.18 Å². The average Bonchev–Trinajstić information content (AvgIpc) is 2.85. The van der Waals surface area contributed by atoms with Crippen molar-refractivity contribution < 1.29 is 9.18 Å². The van der Waals surface area contributed by atoms with E-state index in [4.69, 9.17) is 0 Å². The van der Waals surface area contributed by atoms with Crippen molar-refractivity contribution in [1.82, 2.24) is 18.6 Å². The molecule has 0 aliphatic rings. The van der Waals surface area contributed by atoms with Crippen LogP contribution in [-0.2, 0) is 25.3 Å². The lowest BCUT2D eigenvalue weighted by Gasteiger charge is -2.20. The first-order chi connectivity index (χ1) is 17.4. The van der Waals surface area contributed by atoms with Gasteiger partial charge in [-0.05, 0) is 65.4 Å². The molecule has 0 fully saturated rings. The van der Waals surface area contributed by atoms with Gasteiger partial charge in [0.15, 0.2) is 0 Å². The molecule has 0 aliphatic carbocycles. The maximum absolute atomic E-state index is 14.7. The summed E-state index contributed by atoms with van der Waals surface area (Å²) in [5.41, 5.74) is -0.343. The second kappa shape index (κ2) is 9.96. The fourth-order valence-electron chi connectivity index (χ4n) is 4.15. The third kappa shape index (κ3) is 4.70. The highest BCUT2D eigenvalue weighted by atomic mass is 127. The Morgan fingerprint density at radius 1 is 1.03 bits per heavy atom. The van der Waals surface area contributed by atoms with Crippen molar-refractivity contribution in [2.45, 2.75) is 13.3 Å². The minimum Gasteiger partial charge on any atom is -0.349 e. The SMILES string of the molecule is Cc1c(=O)n(C)c(Nc2ccc(I)cc2F)c2c(=O)n(C)c(=O)n(-c3cccc(CC(=O)N(C)C)c3)c12. The summed E-state index contributed by atoms with van der Waals surface area (Å²) in [5, 5.41) is 2.95. The number of hydrogen-bond donors (Lipinski definition) is 1. The Labute approximate surface area is 224 Å². The summed E-state index contributed by atoms with van der Waals surface area (Å²) in [6.07, 6.45) is 0.110. The molecular formula is C26H25FIN5O4. The normalized spacial score (nSPS) is 11.1. The molecule has 2 aromatic carbocycles. The third-order valence-corrected chi connectivity index (χ3v) is 6.89.